The molecule has 0 amide bonds. The zero-order chi connectivity index (χ0) is 12.3. The number of nitro benzene ring substituents is 1. The van der Waals surface area contributed by atoms with Gasteiger partial charge < -0.3 is 9.47 Å². The molecule has 1 saturated heterocycles. The van der Waals surface area contributed by atoms with Crippen LogP contribution < -0.4 is 4.74 Å². The van der Waals surface area contributed by atoms with E-state index in [0.29, 0.717) is 6.61 Å². The van der Waals surface area contributed by atoms with Crippen molar-refractivity contribution in [1.29, 1.82) is 0 Å². The molecule has 5 nitrogen and oxygen atoms in total. The van der Waals surface area contributed by atoms with Crippen molar-refractivity contribution in [2.75, 3.05) is 13.2 Å². The molecule has 0 bridgehead atoms. The highest BCUT2D eigenvalue weighted by Gasteiger charge is 2.23. The number of hydrogen-bond donors (Lipinski definition) is 0. The second-order valence-corrected chi connectivity index (χ2v) is 3.79. The van der Waals surface area contributed by atoms with Crippen LogP contribution in [0.5, 0.6) is 5.75 Å². The van der Waals surface area contributed by atoms with Crippen molar-refractivity contribution in [1.82, 2.24) is 0 Å². The minimum atomic E-state index is -0.889. The predicted molar refractivity (Wildman–Crippen MR) is 57.5 cm³/mol. The summed E-state index contributed by atoms with van der Waals surface area (Å²) >= 11 is 0. The molecule has 0 N–H and O–H groups in total. The van der Waals surface area contributed by atoms with Crippen molar-refractivity contribution < 1.29 is 18.8 Å². The lowest BCUT2D eigenvalue weighted by Gasteiger charge is -2.11. The molecule has 0 aromatic heterocycles. The molecule has 92 valence electrons. The van der Waals surface area contributed by atoms with E-state index >= 15 is 0 Å². The highest BCUT2D eigenvalue weighted by atomic mass is 19.1. The third-order valence-electron chi connectivity index (χ3n) is 2.58. The maximum Gasteiger partial charge on any atom is 0.346 e. The van der Waals surface area contributed by atoms with Crippen LogP contribution in [0.4, 0.5) is 10.1 Å². The smallest absolute Gasteiger partial charge is 0.346 e. The zero-order valence-electron chi connectivity index (χ0n) is 9.10. The van der Waals surface area contributed by atoms with E-state index < -0.39 is 16.4 Å². The summed E-state index contributed by atoms with van der Waals surface area (Å²) < 4.78 is 23.8. The fraction of sp³-hybridized carbons (Fsp3) is 0.455. The molecule has 1 aromatic rings. The Labute approximate surface area is 97.3 Å². The SMILES string of the molecule is O=[N+]([O-])c1c(F)cccc1OC[C@@H]1CCCO1. The number of halogens is 1. The van der Waals surface area contributed by atoms with Gasteiger partial charge in [0, 0.05) is 6.61 Å². The maximum atomic E-state index is 13.2. The van der Waals surface area contributed by atoms with Crippen molar-refractivity contribution in [3.63, 3.8) is 0 Å². The van der Waals surface area contributed by atoms with Gasteiger partial charge in [-0.05, 0) is 25.0 Å². The van der Waals surface area contributed by atoms with E-state index in [0.717, 1.165) is 18.9 Å². The van der Waals surface area contributed by atoms with Crippen molar-refractivity contribution in [2.24, 2.45) is 0 Å². The Kier molecular flexibility index (Phi) is 3.53. The number of nitrogens with zero attached hydrogens (tertiary/aromatic N) is 1. The molecule has 0 aliphatic carbocycles. The molecule has 1 aromatic carbocycles. The first-order valence-corrected chi connectivity index (χ1v) is 5.36. The van der Waals surface area contributed by atoms with E-state index in [1.54, 1.807) is 0 Å². The molecule has 1 fully saturated rings. The molecule has 1 heterocycles. The van der Waals surface area contributed by atoms with Crippen LogP contribution in [0, 0.1) is 15.9 Å². The molecule has 6 heteroatoms. The molecule has 1 aliphatic heterocycles. The Hall–Kier alpha value is -1.69. The van der Waals surface area contributed by atoms with Gasteiger partial charge in [-0.3, -0.25) is 10.1 Å². The molecule has 1 aliphatic rings. The van der Waals surface area contributed by atoms with Crippen LogP contribution in [-0.2, 0) is 4.74 Å². The van der Waals surface area contributed by atoms with Crippen LogP contribution in [0.15, 0.2) is 18.2 Å². The Morgan fingerprint density at radius 2 is 2.41 bits per heavy atom. The molecule has 0 unspecified atom stereocenters. The lowest BCUT2D eigenvalue weighted by molar-refractivity contribution is -0.388. The predicted octanol–water partition coefficient (Wildman–Crippen LogP) is 2.29. The van der Waals surface area contributed by atoms with E-state index in [9.17, 15) is 14.5 Å². The molecule has 0 saturated carbocycles. The first-order chi connectivity index (χ1) is 8.18. The molecule has 17 heavy (non-hydrogen) atoms. The van der Waals surface area contributed by atoms with Gasteiger partial charge in [0.15, 0.2) is 5.75 Å². The topological polar surface area (TPSA) is 61.6 Å². The third kappa shape index (κ3) is 2.71. The fourth-order valence-electron chi connectivity index (χ4n) is 1.75. The fourth-order valence-corrected chi connectivity index (χ4v) is 1.75. The summed E-state index contributed by atoms with van der Waals surface area (Å²) in [5, 5.41) is 10.7. The van der Waals surface area contributed by atoms with Crippen LogP contribution >= 0.6 is 0 Å². The first kappa shape index (κ1) is 11.8. The van der Waals surface area contributed by atoms with Crippen molar-refractivity contribution in [3.8, 4) is 5.75 Å². The zero-order valence-corrected chi connectivity index (χ0v) is 9.10. The second-order valence-electron chi connectivity index (χ2n) is 3.79. The van der Waals surface area contributed by atoms with Gasteiger partial charge >= 0.3 is 5.69 Å². The van der Waals surface area contributed by atoms with Gasteiger partial charge in [0.25, 0.3) is 0 Å². The summed E-state index contributed by atoms with van der Waals surface area (Å²) in [6, 6.07) is 3.81. The van der Waals surface area contributed by atoms with Gasteiger partial charge in [0.2, 0.25) is 5.82 Å². The van der Waals surface area contributed by atoms with Gasteiger partial charge in [-0.15, -0.1) is 0 Å². The summed E-state index contributed by atoms with van der Waals surface area (Å²) in [6.07, 6.45) is 1.76. The average Bonchev–Trinajstić information content (AvgIpc) is 2.78. The lowest BCUT2D eigenvalue weighted by atomic mass is 10.2. The number of rotatable bonds is 4. The van der Waals surface area contributed by atoms with Crippen LogP contribution in [0.2, 0.25) is 0 Å². The van der Waals surface area contributed by atoms with E-state index in [1.807, 2.05) is 0 Å². The van der Waals surface area contributed by atoms with Crippen LogP contribution in [0.25, 0.3) is 0 Å². The molecule has 0 spiro atoms. The van der Waals surface area contributed by atoms with Gasteiger partial charge in [-0.1, -0.05) is 6.07 Å². The summed E-state index contributed by atoms with van der Waals surface area (Å²) in [7, 11) is 0. The third-order valence-corrected chi connectivity index (χ3v) is 2.58. The number of para-hydroxylation sites is 1. The molecule has 0 radical (unpaired) electrons. The van der Waals surface area contributed by atoms with Gasteiger partial charge in [0.1, 0.15) is 6.61 Å². The molecular formula is C11H12FNO4. The highest BCUT2D eigenvalue weighted by molar-refractivity contribution is 5.47. The Morgan fingerprint density at radius 3 is 3.06 bits per heavy atom. The minimum absolute atomic E-state index is 0.0505. The van der Waals surface area contributed by atoms with Gasteiger partial charge in [-0.25, -0.2) is 0 Å². The van der Waals surface area contributed by atoms with E-state index in [-0.39, 0.29) is 18.5 Å². The first-order valence-electron chi connectivity index (χ1n) is 5.36. The Morgan fingerprint density at radius 1 is 1.59 bits per heavy atom. The number of hydrogen-bond acceptors (Lipinski definition) is 4. The van der Waals surface area contributed by atoms with Crippen molar-refractivity contribution >= 4 is 5.69 Å². The number of ether oxygens (including phenoxy) is 2. The Balaban J connectivity index is 2.09. The van der Waals surface area contributed by atoms with Crippen molar-refractivity contribution in [2.45, 2.75) is 18.9 Å². The van der Waals surface area contributed by atoms with Crippen LogP contribution in [0.1, 0.15) is 12.8 Å². The Bertz CT molecular complexity index is 418. The standard InChI is InChI=1S/C11H12FNO4/c12-9-4-1-5-10(11(9)13(14)15)17-7-8-3-2-6-16-8/h1,4-5,8H,2-3,6-7H2/t8-/m0/s1. The van der Waals surface area contributed by atoms with Crippen LogP contribution in [0.3, 0.4) is 0 Å². The van der Waals surface area contributed by atoms with Gasteiger partial charge in [0.05, 0.1) is 11.0 Å². The van der Waals surface area contributed by atoms with E-state index in [4.69, 9.17) is 9.47 Å². The summed E-state index contributed by atoms with van der Waals surface area (Å²) in [4.78, 5) is 9.92. The molecule has 2 rings (SSSR count). The summed E-state index contributed by atoms with van der Waals surface area (Å²) in [5.41, 5.74) is -0.620. The highest BCUT2D eigenvalue weighted by Crippen LogP contribution is 2.30. The van der Waals surface area contributed by atoms with Crippen molar-refractivity contribution in [3.05, 3.63) is 34.1 Å². The quantitative estimate of drug-likeness (QED) is 0.599. The molecular weight excluding hydrogens is 229 g/mol. The average molecular weight is 241 g/mol. The minimum Gasteiger partial charge on any atom is -0.484 e. The normalized spacial score (nSPS) is 19.2. The van der Waals surface area contributed by atoms with E-state index in [1.165, 1.54) is 12.1 Å². The number of nitro groups is 1. The van der Waals surface area contributed by atoms with Gasteiger partial charge in [-0.2, -0.15) is 4.39 Å². The van der Waals surface area contributed by atoms with E-state index in [2.05, 4.69) is 0 Å². The molecule has 1 atom stereocenters. The van der Waals surface area contributed by atoms with Crippen LogP contribution in [-0.4, -0.2) is 24.2 Å². The summed E-state index contributed by atoms with van der Waals surface area (Å²) in [6.45, 7) is 0.892. The maximum absolute atomic E-state index is 13.2. The number of benzene rings is 1. The lowest BCUT2D eigenvalue weighted by Crippen LogP contribution is -2.16. The second kappa shape index (κ2) is 5.09. The largest absolute Gasteiger partial charge is 0.484 e. The summed E-state index contributed by atoms with van der Waals surface area (Å²) in [5.74, 6) is -0.939. The monoisotopic (exact) mass is 241 g/mol.